The number of aliphatic hydroxyl groups excluding tert-OH is 1. The average molecular weight is 659 g/mol. The van der Waals surface area contributed by atoms with Crippen molar-refractivity contribution < 1.29 is 50.1 Å². The van der Waals surface area contributed by atoms with Crippen LogP contribution < -0.4 is 13.8 Å². The number of aliphatic hydroxyl groups is 1. The van der Waals surface area contributed by atoms with Gasteiger partial charge in [-0.05, 0) is 55.3 Å². The molecule has 44 heavy (non-hydrogen) atoms. The molecule has 1 aliphatic rings. The number of benzene rings is 2. The number of anilines is 1. The Balaban J connectivity index is 1.82. The molecule has 0 aliphatic carbocycles. The number of alkyl halides is 3. The smallest absolute Gasteiger partial charge is 0.417 e. The van der Waals surface area contributed by atoms with Gasteiger partial charge in [0.15, 0.2) is 4.90 Å². The highest BCUT2D eigenvalue weighted by atomic mass is 35.5. The Morgan fingerprint density at radius 2 is 2.00 bits per heavy atom. The van der Waals surface area contributed by atoms with Gasteiger partial charge in [0.05, 0.1) is 36.0 Å². The fourth-order valence-corrected chi connectivity index (χ4v) is 6.08. The van der Waals surface area contributed by atoms with Crippen LogP contribution in [0.25, 0.3) is 12.2 Å². The molecule has 0 fully saturated rings. The van der Waals surface area contributed by atoms with Crippen molar-refractivity contribution in [3.63, 3.8) is 0 Å². The standard InChI is InChI=1S/C29H27ClF4N2O7S/c1-17(37)16-42-28-26(13-19(14-35-28)29(32,33)34)44(39,40)36-15-20(8-11-27(38)41-2)43-25-10-7-18(12-24(25)36)6-9-21-22(30)4-3-5-23(21)31/h3-7,9-10,12-14,17,20,37H,8,11,15-16H2,1-2H3/t17-,20+/m1/s1. The highest BCUT2D eigenvalue weighted by Crippen LogP contribution is 2.41. The molecule has 2 atom stereocenters. The van der Waals surface area contributed by atoms with Crippen molar-refractivity contribution in [3.8, 4) is 11.6 Å². The third kappa shape index (κ3) is 7.60. The molecular weight excluding hydrogens is 632 g/mol. The van der Waals surface area contributed by atoms with E-state index in [1.165, 1.54) is 56.5 Å². The van der Waals surface area contributed by atoms with E-state index in [4.69, 9.17) is 21.1 Å². The summed E-state index contributed by atoms with van der Waals surface area (Å²) in [6.07, 6.45) is -3.71. The van der Waals surface area contributed by atoms with Gasteiger partial charge in [-0.25, -0.2) is 17.8 Å². The van der Waals surface area contributed by atoms with E-state index in [1.54, 1.807) is 6.07 Å². The quantitative estimate of drug-likeness (QED) is 0.167. The van der Waals surface area contributed by atoms with E-state index >= 15 is 0 Å². The molecule has 9 nitrogen and oxygen atoms in total. The van der Waals surface area contributed by atoms with Crippen molar-refractivity contribution in [2.75, 3.05) is 24.6 Å². The number of esters is 1. The van der Waals surface area contributed by atoms with Gasteiger partial charge in [0, 0.05) is 18.2 Å². The molecule has 0 unspecified atom stereocenters. The molecule has 15 heteroatoms. The normalized spacial score (nSPS) is 15.9. The first-order valence-electron chi connectivity index (χ1n) is 13.1. The minimum atomic E-state index is -4.93. The second-order valence-electron chi connectivity index (χ2n) is 9.77. The maximum Gasteiger partial charge on any atom is 0.417 e. The maximum atomic E-state index is 14.3. The Hall–Kier alpha value is -3.88. The number of sulfonamides is 1. The number of pyridine rings is 1. The highest BCUT2D eigenvalue weighted by molar-refractivity contribution is 7.93. The number of fused-ring (bicyclic) bond motifs is 1. The number of hydrogen-bond acceptors (Lipinski definition) is 8. The van der Waals surface area contributed by atoms with Gasteiger partial charge < -0.3 is 19.3 Å². The van der Waals surface area contributed by atoms with Gasteiger partial charge in [0.2, 0.25) is 5.88 Å². The number of carbonyl (C=O) groups excluding carboxylic acids is 1. The molecule has 1 aliphatic heterocycles. The summed E-state index contributed by atoms with van der Waals surface area (Å²) in [5.41, 5.74) is -0.910. The minimum absolute atomic E-state index is 0.0256. The van der Waals surface area contributed by atoms with E-state index in [1.807, 2.05) is 0 Å². The number of ether oxygens (including phenoxy) is 3. The van der Waals surface area contributed by atoms with Crippen molar-refractivity contribution in [1.29, 1.82) is 0 Å². The van der Waals surface area contributed by atoms with E-state index in [0.29, 0.717) is 17.8 Å². The SMILES string of the molecule is COC(=O)CC[C@H]1CN(S(=O)(=O)c2cc(C(F)(F)F)cnc2OC[C@@H](C)O)c2cc(C=Cc3c(F)cccc3Cl)ccc2O1. The van der Waals surface area contributed by atoms with Crippen molar-refractivity contribution in [2.45, 2.75) is 43.0 Å². The van der Waals surface area contributed by atoms with Crippen LogP contribution >= 0.6 is 11.6 Å². The summed E-state index contributed by atoms with van der Waals surface area (Å²) in [4.78, 5) is 14.5. The molecule has 0 saturated heterocycles. The fourth-order valence-electron chi connectivity index (χ4n) is 4.24. The Morgan fingerprint density at radius 3 is 2.66 bits per heavy atom. The van der Waals surface area contributed by atoms with Crippen molar-refractivity contribution in [2.24, 2.45) is 0 Å². The average Bonchev–Trinajstić information content (AvgIpc) is 2.97. The Labute approximate surface area is 255 Å². The number of carbonyl (C=O) groups is 1. The van der Waals surface area contributed by atoms with Gasteiger partial charge in [-0.2, -0.15) is 13.2 Å². The number of aromatic nitrogens is 1. The number of methoxy groups -OCH3 is 1. The predicted octanol–water partition coefficient (Wildman–Crippen LogP) is 5.73. The van der Waals surface area contributed by atoms with Crippen LogP contribution in [0.4, 0.5) is 23.2 Å². The van der Waals surface area contributed by atoms with E-state index in [0.717, 1.165) is 4.31 Å². The molecule has 0 amide bonds. The largest absolute Gasteiger partial charge is 0.486 e. The van der Waals surface area contributed by atoms with Crippen molar-refractivity contribution in [1.82, 2.24) is 4.98 Å². The summed E-state index contributed by atoms with van der Waals surface area (Å²) in [5, 5.41) is 9.78. The van der Waals surface area contributed by atoms with Crippen LogP contribution in [0.2, 0.25) is 5.02 Å². The van der Waals surface area contributed by atoms with Crippen LogP contribution in [0.1, 0.15) is 36.5 Å². The van der Waals surface area contributed by atoms with Crippen LogP contribution in [0.15, 0.2) is 53.6 Å². The molecule has 0 saturated carbocycles. The lowest BCUT2D eigenvalue weighted by molar-refractivity contribution is -0.141. The summed E-state index contributed by atoms with van der Waals surface area (Å²) >= 11 is 6.10. The minimum Gasteiger partial charge on any atom is -0.486 e. The van der Waals surface area contributed by atoms with Crippen LogP contribution in [0.3, 0.4) is 0 Å². The Bertz CT molecular complexity index is 1650. The third-order valence-corrected chi connectivity index (χ3v) is 8.53. The first kappa shape index (κ1) is 33.0. The first-order chi connectivity index (χ1) is 20.7. The zero-order valence-corrected chi connectivity index (χ0v) is 24.9. The van der Waals surface area contributed by atoms with Crippen molar-refractivity contribution in [3.05, 3.63) is 76.2 Å². The molecule has 236 valence electrons. The molecule has 0 spiro atoms. The number of halogens is 5. The van der Waals surface area contributed by atoms with Gasteiger partial charge in [-0.1, -0.05) is 29.8 Å². The third-order valence-electron chi connectivity index (χ3n) is 6.43. The molecule has 1 N–H and O–H groups in total. The molecule has 1 aromatic heterocycles. The van der Waals surface area contributed by atoms with Gasteiger partial charge in [-0.15, -0.1) is 0 Å². The zero-order chi connectivity index (χ0) is 32.2. The van der Waals surface area contributed by atoms with E-state index in [9.17, 15) is 35.9 Å². The molecular formula is C29H27ClF4N2O7S. The Morgan fingerprint density at radius 1 is 1.25 bits per heavy atom. The van der Waals surface area contributed by atoms with Crippen LogP contribution in [0, 0.1) is 5.82 Å². The summed E-state index contributed by atoms with van der Waals surface area (Å²) in [6, 6.07) is 8.95. The topological polar surface area (TPSA) is 115 Å². The molecule has 0 bridgehead atoms. The van der Waals surface area contributed by atoms with E-state index in [2.05, 4.69) is 9.72 Å². The number of rotatable bonds is 10. The first-order valence-corrected chi connectivity index (χ1v) is 14.9. The molecule has 4 rings (SSSR count). The predicted molar refractivity (Wildman–Crippen MR) is 153 cm³/mol. The number of nitrogens with zero attached hydrogens (tertiary/aromatic N) is 2. The second-order valence-corrected chi connectivity index (χ2v) is 12.0. The molecule has 0 radical (unpaired) electrons. The lowest BCUT2D eigenvalue weighted by Gasteiger charge is -2.36. The van der Waals surface area contributed by atoms with E-state index < -0.39 is 69.7 Å². The summed E-state index contributed by atoms with van der Waals surface area (Å²) in [6.45, 7) is 0.493. The van der Waals surface area contributed by atoms with Gasteiger partial charge in [0.25, 0.3) is 10.0 Å². The Kier molecular flexibility index (Phi) is 10.1. The second kappa shape index (κ2) is 13.4. The van der Waals surface area contributed by atoms with Gasteiger partial charge >= 0.3 is 12.1 Å². The number of hydrogen-bond donors (Lipinski definition) is 1. The van der Waals surface area contributed by atoms with Gasteiger partial charge in [0.1, 0.15) is 24.3 Å². The summed E-state index contributed by atoms with van der Waals surface area (Å²) < 4.78 is 100. The zero-order valence-electron chi connectivity index (χ0n) is 23.3. The summed E-state index contributed by atoms with van der Waals surface area (Å²) in [5.74, 6) is -1.75. The maximum absolute atomic E-state index is 14.3. The van der Waals surface area contributed by atoms with Crippen LogP contribution in [-0.4, -0.2) is 56.9 Å². The monoisotopic (exact) mass is 658 g/mol. The lowest BCUT2D eigenvalue weighted by atomic mass is 10.1. The van der Waals surface area contributed by atoms with Crippen molar-refractivity contribution >= 4 is 45.4 Å². The highest BCUT2D eigenvalue weighted by Gasteiger charge is 2.40. The van der Waals surface area contributed by atoms with Crippen LogP contribution in [-0.2, 0) is 25.7 Å². The summed E-state index contributed by atoms with van der Waals surface area (Å²) in [7, 11) is -3.66. The lowest BCUT2D eigenvalue weighted by Crippen LogP contribution is -2.44. The fraction of sp³-hybridized carbons (Fsp3) is 0.310. The molecule has 2 aromatic carbocycles. The molecule has 3 aromatic rings. The van der Waals surface area contributed by atoms with Crippen LogP contribution in [0.5, 0.6) is 11.6 Å². The van der Waals surface area contributed by atoms with Gasteiger partial charge in [-0.3, -0.25) is 9.10 Å². The van der Waals surface area contributed by atoms with E-state index in [-0.39, 0.29) is 34.9 Å². The molecule has 2 heterocycles.